The van der Waals surface area contributed by atoms with E-state index in [0.717, 1.165) is 32.6 Å². The number of nitrogens with one attached hydrogen (secondary N) is 1. The van der Waals surface area contributed by atoms with E-state index < -0.39 is 0 Å². The Kier molecular flexibility index (Phi) is 5.20. The summed E-state index contributed by atoms with van der Waals surface area (Å²) < 4.78 is 0. The van der Waals surface area contributed by atoms with Crippen molar-refractivity contribution in [1.82, 2.24) is 10.2 Å². The second-order valence-electron chi connectivity index (χ2n) is 4.66. The average Bonchev–Trinajstić information content (AvgIpc) is 2.69. The molecule has 18 heavy (non-hydrogen) atoms. The fraction of sp³-hybridized carbons (Fsp3) is 0.500. The van der Waals surface area contributed by atoms with Gasteiger partial charge >= 0.3 is 0 Å². The van der Waals surface area contributed by atoms with Gasteiger partial charge in [-0.2, -0.15) is 0 Å². The van der Waals surface area contributed by atoms with Crippen LogP contribution in [-0.2, 0) is 11.3 Å². The van der Waals surface area contributed by atoms with Crippen LogP contribution in [0.5, 0.6) is 0 Å². The number of hydrogen-bond acceptors (Lipinski definition) is 2. The first kappa shape index (κ1) is 13.6. The minimum absolute atomic E-state index is 0.278. The van der Waals surface area contributed by atoms with Gasteiger partial charge in [-0.3, -0.25) is 4.79 Å². The Balaban J connectivity index is 1.58. The highest BCUT2D eigenvalue weighted by atomic mass is 79.9. The molecule has 1 saturated heterocycles. The summed E-state index contributed by atoms with van der Waals surface area (Å²) in [6.07, 6.45) is 1.66. The number of rotatable bonds is 6. The Labute approximate surface area is 117 Å². The zero-order valence-electron chi connectivity index (χ0n) is 10.4. The molecule has 3 nitrogen and oxygen atoms in total. The van der Waals surface area contributed by atoms with E-state index in [1.807, 2.05) is 11.0 Å². The summed E-state index contributed by atoms with van der Waals surface area (Å²) in [6.45, 7) is 3.57. The number of likely N-dealkylation sites (tertiary alicyclic amines) is 1. The van der Waals surface area contributed by atoms with E-state index in [1.54, 1.807) is 0 Å². The van der Waals surface area contributed by atoms with Crippen LogP contribution in [0, 0.1) is 0 Å². The van der Waals surface area contributed by atoms with Gasteiger partial charge in [-0.25, -0.2) is 0 Å². The van der Waals surface area contributed by atoms with Gasteiger partial charge in [0.2, 0.25) is 5.91 Å². The molecule has 0 radical (unpaired) electrons. The molecular formula is C14H19BrN2O. The first-order valence-electron chi connectivity index (χ1n) is 6.42. The number of carbonyl (C=O) groups excluding carboxylic acids is 1. The molecule has 1 unspecified atom stereocenters. The van der Waals surface area contributed by atoms with Crippen LogP contribution >= 0.6 is 15.9 Å². The molecule has 0 saturated carbocycles. The molecule has 1 aromatic rings. The molecule has 1 N–H and O–H groups in total. The fourth-order valence-electron chi connectivity index (χ4n) is 2.16. The van der Waals surface area contributed by atoms with Crippen LogP contribution in [-0.4, -0.2) is 35.3 Å². The minimum Gasteiger partial charge on any atom is -0.341 e. The molecule has 0 bridgehead atoms. The van der Waals surface area contributed by atoms with Crippen molar-refractivity contribution in [2.45, 2.75) is 24.2 Å². The Hall–Kier alpha value is -0.870. The molecule has 2 rings (SSSR count). The van der Waals surface area contributed by atoms with E-state index in [2.05, 4.69) is 45.5 Å². The zero-order chi connectivity index (χ0) is 12.8. The maximum atomic E-state index is 11.5. The maximum Gasteiger partial charge on any atom is 0.223 e. The molecule has 1 amide bonds. The Bertz CT molecular complexity index is 383. The van der Waals surface area contributed by atoms with Crippen molar-refractivity contribution in [1.29, 1.82) is 0 Å². The van der Waals surface area contributed by atoms with Gasteiger partial charge in [0, 0.05) is 30.9 Å². The molecule has 1 atom stereocenters. The standard InChI is InChI=1S/C14H19BrN2O/c15-13-9-14(18)17(11-13)8-4-7-16-10-12-5-2-1-3-6-12/h1-3,5-6,13,16H,4,7-11H2. The van der Waals surface area contributed by atoms with E-state index in [1.165, 1.54) is 5.56 Å². The van der Waals surface area contributed by atoms with Crippen molar-refractivity contribution in [3.8, 4) is 0 Å². The molecule has 1 heterocycles. The van der Waals surface area contributed by atoms with Crippen molar-refractivity contribution in [2.24, 2.45) is 0 Å². The summed E-state index contributed by atoms with van der Waals surface area (Å²) >= 11 is 3.49. The van der Waals surface area contributed by atoms with Gasteiger partial charge in [0.25, 0.3) is 0 Å². The van der Waals surface area contributed by atoms with E-state index in [9.17, 15) is 4.79 Å². The van der Waals surface area contributed by atoms with E-state index in [-0.39, 0.29) is 5.91 Å². The second-order valence-corrected chi connectivity index (χ2v) is 5.95. The monoisotopic (exact) mass is 310 g/mol. The summed E-state index contributed by atoms with van der Waals surface area (Å²) in [6, 6.07) is 10.4. The maximum absolute atomic E-state index is 11.5. The zero-order valence-corrected chi connectivity index (χ0v) is 12.0. The van der Waals surface area contributed by atoms with Crippen LogP contribution in [0.2, 0.25) is 0 Å². The third-order valence-corrected chi connectivity index (χ3v) is 3.73. The highest BCUT2D eigenvalue weighted by Crippen LogP contribution is 2.17. The van der Waals surface area contributed by atoms with Gasteiger partial charge < -0.3 is 10.2 Å². The first-order chi connectivity index (χ1) is 8.75. The number of carbonyl (C=O) groups is 1. The van der Waals surface area contributed by atoms with E-state index in [0.29, 0.717) is 11.2 Å². The number of benzene rings is 1. The third kappa shape index (κ3) is 4.10. The number of halogens is 1. The van der Waals surface area contributed by atoms with Gasteiger partial charge in [0.15, 0.2) is 0 Å². The lowest BCUT2D eigenvalue weighted by Gasteiger charge is -2.15. The summed E-state index contributed by atoms with van der Waals surface area (Å²) in [5.74, 6) is 0.278. The van der Waals surface area contributed by atoms with Gasteiger partial charge in [-0.1, -0.05) is 46.3 Å². The molecule has 0 spiro atoms. The van der Waals surface area contributed by atoms with Crippen LogP contribution in [0.3, 0.4) is 0 Å². The van der Waals surface area contributed by atoms with Gasteiger partial charge in [-0.15, -0.1) is 0 Å². The molecular weight excluding hydrogens is 292 g/mol. The average molecular weight is 311 g/mol. The first-order valence-corrected chi connectivity index (χ1v) is 7.34. The summed E-state index contributed by atoms with van der Waals surface area (Å²) in [4.78, 5) is 13.8. The molecule has 0 aromatic heterocycles. The number of nitrogens with zero attached hydrogens (tertiary/aromatic N) is 1. The molecule has 1 fully saturated rings. The van der Waals surface area contributed by atoms with Crippen molar-refractivity contribution < 1.29 is 4.79 Å². The Morgan fingerprint density at radius 3 is 2.78 bits per heavy atom. The van der Waals surface area contributed by atoms with Gasteiger partial charge in [0.05, 0.1) is 0 Å². The van der Waals surface area contributed by atoms with Crippen LogP contribution in [0.4, 0.5) is 0 Å². The molecule has 1 aromatic carbocycles. The second kappa shape index (κ2) is 6.90. The third-order valence-electron chi connectivity index (χ3n) is 3.12. The Morgan fingerprint density at radius 2 is 2.11 bits per heavy atom. The fourth-order valence-corrected chi connectivity index (χ4v) is 2.79. The lowest BCUT2D eigenvalue weighted by molar-refractivity contribution is -0.127. The predicted octanol–water partition coefficient (Wildman–Crippen LogP) is 2.16. The number of amides is 1. The number of alkyl halides is 1. The van der Waals surface area contributed by atoms with Crippen LogP contribution < -0.4 is 5.32 Å². The van der Waals surface area contributed by atoms with Crippen molar-refractivity contribution in [2.75, 3.05) is 19.6 Å². The lowest BCUT2D eigenvalue weighted by Crippen LogP contribution is -2.28. The molecule has 1 aliphatic heterocycles. The van der Waals surface area contributed by atoms with Crippen LogP contribution in [0.25, 0.3) is 0 Å². The Morgan fingerprint density at radius 1 is 1.33 bits per heavy atom. The SMILES string of the molecule is O=C1CC(Br)CN1CCCNCc1ccccc1. The van der Waals surface area contributed by atoms with Gasteiger partial charge in [0.1, 0.15) is 0 Å². The van der Waals surface area contributed by atoms with Crippen molar-refractivity contribution in [3.63, 3.8) is 0 Å². The highest BCUT2D eigenvalue weighted by Gasteiger charge is 2.26. The topological polar surface area (TPSA) is 32.3 Å². The molecule has 1 aliphatic rings. The van der Waals surface area contributed by atoms with Crippen molar-refractivity contribution >= 4 is 21.8 Å². The highest BCUT2D eigenvalue weighted by molar-refractivity contribution is 9.09. The predicted molar refractivity (Wildman–Crippen MR) is 76.7 cm³/mol. The van der Waals surface area contributed by atoms with E-state index >= 15 is 0 Å². The van der Waals surface area contributed by atoms with Crippen LogP contribution in [0.1, 0.15) is 18.4 Å². The summed E-state index contributed by atoms with van der Waals surface area (Å²) in [5, 5.41) is 3.40. The quantitative estimate of drug-likeness (QED) is 0.645. The molecule has 4 heteroatoms. The normalized spacial score (nSPS) is 19.5. The summed E-state index contributed by atoms with van der Waals surface area (Å²) in [5.41, 5.74) is 1.30. The van der Waals surface area contributed by atoms with Crippen molar-refractivity contribution in [3.05, 3.63) is 35.9 Å². The molecule has 0 aliphatic carbocycles. The van der Waals surface area contributed by atoms with E-state index in [4.69, 9.17) is 0 Å². The molecule has 98 valence electrons. The lowest BCUT2D eigenvalue weighted by atomic mass is 10.2. The smallest absolute Gasteiger partial charge is 0.223 e. The van der Waals surface area contributed by atoms with Gasteiger partial charge in [-0.05, 0) is 18.5 Å². The minimum atomic E-state index is 0.278. The van der Waals surface area contributed by atoms with Crippen LogP contribution in [0.15, 0.2) is 30.3 Å². The summed E-state index contributed by atoms with van der Waals surface area (Å²) in [7, 11) is 0. The number of hydrogen-bond donors (Lipinski definition) is 1. The largest absolute Gasteiger partial charge is 0.341 e.